The molecule has 35 heavy (non-hydrogen) atoms. The van der Waals surface area contributed by atoms with E-state index in [-0.39, 0.29) is 5.91 Å². The van der Waals surface area contributed by atoms with Crippen molar-refractivity contribution in [3.05, 3.63) is 100 Å². The predicted molar refractivity (Wildman–Crippen MR) is 148 cm³/mol. The maximum atomic E-state index is 13.3. The third kappa shape index (κ3) is 4.32. The van der Waals surface area contributed by atoms with Crippen LogP contribution in [0, 0.1) is 6.92 Å². The number of thiazole rings is 1. The highest BCUT2D eigenvalue weighted by molar-refractivity contribution is 7.21. The van der Waals surface area contributed by atoms with Crippen molar-refractivity contribution in [3.8, 4) is 21.1 Å². The zero-order valence-electron chi connectivity index (χ0n) is 18.6. The van der Waals surface area contributed by atoms with Crippen LogP contribution in [0.4, 0.5) is 5.69 Å². The molecule has 0 aliphatic carbocycles. The Balaban J connectivity index is 1.30. The fourth-order valence-electron chi connectivity index (χ4n) is 3.99. The number of para-hydroxylation sites is 1. The largest absolute Gasteiger partial charge is 0.322 e. The smallest absolute Gasteiger partial charge is 0.256 e. The summed E-state index contributed by atoms with van der Waals surface area (Å²) in [7, 11) is 0. The van der Waals surface area contributed by atoms with E-state index in [9.17, 15) is 4.79 Å². The van der Waals surface area contributed by atoms with Crippen LogP contribution in [0.15, 0.2) is 84.9 Å². The predicted octanol–water partition coefficient (Wildman–Crippen LogP) is 8.45. The summed E-state index contributed by atoms with van der Waals surface area (Å²) in [4.78, 5) is 23.8. The van der Waals surface area contributed by atoms with Gasteiger partial charge in [-0.05, 0) is 73.2 Å². The van der Waals surface area contributed by atoms with Crippen molar-refractivity contribution in [2.75, 3.05) is 5.32 Å². The zero-order valence-corrected chi connectivity index (χ0v) is 21.0. The number of amides is 1. The zero-order chi connectivity index (χ0) is 23.9. The second-order valence-corrected chi connectivity index (χ2v) is 10.9. The number of hydrogen-bond donors (Lipinski definition) is 1. The monoisotopic (exact) mass is 511 g/mol. The van der Waals surface area contributed by atoms with Gasteiger partial charge in [-0.1, -0.05) is 35.9 Å². The molecule has 0 radical (unpaired) electrons. The molecule has 1 amide bonds. The van der Waals surface area contributed by atoms with E-state index in [0.29, 0.717) is 9.90 Å². The molecule has 3 aromatic carbocycles. The minimum Gasteiger partial charge on any atom is -0.322 e. The van der Waals surface area contributed by atoms with Gasteiger partial charge >= 0.3 is 0 Å². The number of anilines is 1. The van der Waals surface area contributed by atoms with Gasteiger partial charge < -0.3 is 5.32 Å². The number of aromatic nitrogens is 2. The van der Waals surface area contributed by atoms with Crippen molar-refractivity contribution in [1.82, 2.24) is 9.97 Å². The Kier molecular flexibility index (Phi) is 5.57. The standard InChI is InChI=1S/C28H18ClN3OS2/c1-16-6-11-22-25(14-16)35-28(32-22)17-7-9-18(10-8-17)30-27(33)20-15-23(24-12-13-26(29)34-24)31-21-5-3-2-4-19(20)21/h2-15H,1H3,(H,30,33). The number of carbonyl (C=O) groups is 1. The van der Waals surface area contributed by atoms with Crippen molar-refractivity contribution in [3.63, 3.8) is 0 Å². The number of benzene rings is 3. The van der Waals surface area contributed by atoms with Gasteiger partial charge in [0, 0.05) is 16.6 Å². The molecule has 4 nitrogen and oxygen atoms in total. The first-order valence-corrected chi connectivity index (χ1v) is 13.0. The molecule has 0 fully saturated rings. The normalized spacial score (nSPS) is 11.3. The molecule has 6 aromatic rings. The maximum absolute atomic E-state index is 13.3. The summed E-state index contributed by atoms with van der Waals surface area (Å²) in [6.45, 7) is 2.08. The number of aryl methyl sites for hydroxylation is 1. The molecule has 7 heteroatoms. The molecule has 0 spiro atoms. The molecule has 0 aliphatic heterocycles. The Hall–Kier alpha value is -3.58. The maximum Gasteiger partial charge on any atom is 0.256 e. The van der Waals surface area contributed by atoms with Crippen LogP contribution in [0.2, 0.25) is 4.34 Å². The van der Waals surface area contributed by atoms with Crippen molar-refractivity contribution in [1.29, 1.82) is 0 Å². The number of fused-ring (bicyclic) bond motifs is 2. The molecule has 0 atom stereocenters. The van der Waals surface area contributed by atoms with Crippen molar-refractivity contribution in [2.24, 2.45) is 0 Å². The summed E-state index contributed by atoms with van der Waals surface area (Å²) in [5.74, 6) is -0.185. The summed E-state index contributed by atoms with van der Waals surface area (Å²) in [5, 5.41) is 4.81. The van der Waals surface area contributed by atoms with E-state index in [2.05, 4.69) is 30.4 Å². The quantitative estimate of drug-likeness (QED) is 0.258. The van der Waals surface area contributed by atoms with Crippen LogP contribution in [0.25, 0.3) is 42.3 Å². The minimum absolute atomic E-state index is 0.185. The van der Waals surface area contributed by atoms with Gasteiger partial charge in [-0.15, -0.1) is 22.7 Å². The third-order valence-electron chi connectivity index (χ3n) is 5.72. The highest BCUT2D eigenvalue weighted by Gasteiger charge is 2.15. The Morgan fingerprint density at radius 1 is 0.857 bits per heavy atom. The van der Waals surface area contributed by atoms with Gasteiger partial charge in [0.25, 0.3) is 5.91 Å². The summed E-state index contributed by atoms with van der Waals surface area (Å²) < 4.78 is 1.86. The van der Waals surface area contributed by atoms with E-state index >= 15 is 0 Å². The molecule has 170 valence electrons. The van der Waals surface area contributed by atoms with E-state index in [0.717, 1.165) is 43.2 Å². The Labute approximate surface area is 214 Å². The summed E-state index contributed by atoms with van der Waals surface area (Å²) in [6.07, 6.45) is 0. The van der Waals surface area contributed by atoms with E-state index in [1.54, 1.807) is 11.3 Å². The van der Waals surface area contributed by atoms with Crippen molar-refractivity contribution >= 4 is 67.0 Å². The molecule has 1 N–H and O–H groups in total. The number of halogens is 1. The molecule has 3 heterocycles. The molecular weight excluding hydrogens is 494 g/mol. The average Bonchev–Trinajstić information content (AvgIpc) is 3.49. The lowest BCUT2D eigenvalue weighted by Crippen LogP contribution is -2.13. The van der Waals surface area contributed by atoms with Gasteiger partial charge in [-0.2, -0.15) is 0 Å². The highest BCUT2D eigenvalue weighted by atomic mass is 35.5. The van der Waals surface area contributed by atoms with Gasteiger partial charge in [0.15, 0.2) is 0 Å². The van der Waals surface area contributed by atoms with E-state index in [4.69, 9.17) is 21.6 Å². The van der Waals surface area contributed by atoms with Gasteiger partial charge in [0.2, 0.25) is 0 Å². The molecule has 3 aromatic heterocycles. The van der Waals surface area contributed by atoms with Crippen LogP contribution in [-0.4, -0.2) is 15.9 Å². The van der Waals surface area contributed by atoms with E-state index in [1.807, 2.05) is 66.7 Å². The number of pyridine rings is 1. The summed E-state index contributed by atoms with van der Waals surface area (Å²) in [6, 6.07) is 27.3. The number of carbonyl (C=O) groups excluding carboxylic acids is 1. The molecule has 0 saturated carbocycles. The highest BCUT2D eigenvalue weighted by Crippen LogP contribution is 2.33. The van der Waals surface area contributed by atoms with Gasteiger partial charge in [-0.3, -0.25) is 4.79 Å². The fraction of sp³-hybridized carbons (Fsp3) is 0.0357. The van der Waals surface area contributed by atoms with Gasteiger partial charge in [0.1, 0.15) is 5.01 Å². The van der Waals surface area contributed by atoms with Crippen LogP contribution >= 0.6 is 34.3 Å². The fourth-order valence-corrected chi connectivity index (χ4v) is 6.06. The molecule has 0 aliphatic rings. The average molecular weight is 512 g/mol. The minimum atomic E-state index is -0.185. The Morgan fingerprint density at radius 2 is 1.69 bits per heavy atom. The first-order chi connectivity index (χ1) is 17.0. The number of nitrogens with one attached hydrogen (secondary N) is 1. The first-order valence-electron chi connectivity index (χ1n) is 11.0. The topological polar surface area (TPSA) is 54.9 Å². The van der Waals surface area contributed by atoms with Gasteiger partial charge in [0.05, 0.1) is 36.2 Å². The summed E-state index contributed by atoms with van der Waals surface area (Å²) >= 11 is 9.24. The third-order valence-corrected chi connectivity index (χ3v) is 8.04. The van der Waals surface area contributed by atoms with Crippen molar-refractivity contribution in [2.45, 2.75) is 6.92 Å². The number of rotatable bonds is 4. The molecule has 6 rings (SSSR count). The van der Waals surface area contributed by atoms with Gasteiger partial charge in [-0.25, -0.2) is 9.97 Å². The van der Waals surface area contributed by atoms with Crippen LogP contribution in [0.5, 0.6) is 0 Å². The van der Waals surface area contributed by atoms with Crippen molar-refractivity contribution < 1.29 is 4.79 Å². The molecule has 0 unspecified atom stereocenters. The van der Waals surface area contributed by atoms with Crippen LogP contribution in [0.3, 0.4) is 0 Å². The first kappa shape index (κ1) is 21.9. The van der Waals surface area contributed by atoms with Crippen LogP contribution < -0.4 is 5.32 Å². The number of nitrogens with zero attached hydrogens (tertiary/aromatic N) is 2. The second kappa shape index (κ2) is 8.89. The Morgan fingerprint density at radius 3 is 2.49 bits per heavy atom. The van der Waals surface area contributed by atoms with Crippen LogP contribution in [-0.2, 0) is 0 Å². The lowest BCUT2D eigenvalue weighted by atomic mass is 10.1. The van der Waals surface area contributed by atoms with Crippen LogP contribution in [0.1, 0.15) is 15.9 Å². The summed E-state index contributed by atoms with van der Waals surface area (Å²) in [5.41, 5.74) is 6.03. The molecule has 0 bridgehead atoms. The van der Waals surface area contributed by atoms with E-state index in [1.165, 1.54) is 21.6 Å². The molecule has 0 saturated heterocycles. The lowest BCUT2D eigenvalue weighted by molar-refractivity contribution is 0.102. The lowest BCUT2D eigenvalue weighted by Gasteiger charge is -2.10. The van der Waals surface area contributed by atoms with E-state index < -0.39 is 0 Å². The Bertz CT molecular complexity index is 1720. The molecular formula is C28H18ClN3OS2. The SMILES string of the molecule is Cc1ccc2nc(-c3ccc(NC(=O)c4cc(-c5ccc(Cl)s5)nc5ccccc45)cc3)sc2c1. The second-order valence-electron chi connectivity index (χ2n) is 8.20. The number of hydrogen-bond acceptors (Lipinski definition) is 5. The number of thiophene rings is 1.